The lowest BCUT2D eigenvalue weighted by Crippen LogP contribution is -2.33. The molecule has 1 saturated carbocycles. The van der Waals surface area contributed by atoms with Gasteiger partial charge in [0.1, 0.15) is 0 Å². The van der Waals surface area contributed by atoms with E-state index in [1.165, 1.54) is 0 Å². The number of aliphatic carboxylic acids is 1. The highest BCUT2D eigenvalue weighted by Crippen LogP contribution is 2.49. The van der Waals surface area contributed by atoms with Gasteiger partial charge in [-0.05, 0) is 18.3 Å². The van der Waals surface area contributed by atoms with Crippen LogP contribution in [-0.4, -0.2) is 16.9 Å². The third kappa shape index (κ3) is 1.58. The first kappa shape index (κ1) is 11.2. The molecule has 1 aromatic rings. The van der Waals surface area contributed by atoms with Crippen LogP contribution in [0.5, 0.6) is 0 Å². The van der Waals surface area contributed by atoms with Crippen molar-refractivity contribution >= 4 is 11.8 Å². The van der Waals surface area contributed by atoms with Crippen LogP contribution in [0.15, 0.2) is 42.5 Å². The number of fused-ring (bicyclic) bond motifs is 2. The number of carboxylic acids is 1. The Hall–Kier alpha value is -1.90. The number of carbonyl (C=O) groups is 2. The molecule has 0 amide bonds. The van der Waals surface area contributed by atoms with Gasteiger partial charge in [0.05, 0.1) is 5.92 Å². The summed E-state index contributed by atoms with van der Waals surface area (Å²) in [5.41, 5.74) is 0.620. The van der Waals surface area contributed by atoms with E-state index in [2.05, 4.69) is 0 Å². The van der Waals surface area contributed by atoms with Crippen molar-refractivity contribution in [3.05, 3.63) is 48.0 Å². The molecule has 4 atom stereocenters. The van der Waals surface area contributed by atoms with Crippen LogP contribution in [0.4, 0.5) is 0 Å². The monoisotopic (exact) mass is 242 g/mol. The van der Waals surface area contributed by atoms with Crippen molar-refractivity contribution in [2.24, 2.45) is 23.7 Å². The Labute approximate surface area is 105 Å². The van der Waals surface area contributed by atoms with E-state index in [0.717, 1.165) is 6.42 Å². The Balaban J connectivity index is 1.94. The van der Waals surface area contributed by atoms with Crippen LogP contribution >= 0.6 is 0 Å². The lowest BCUT2D eigenvalue weighted by atomic mass is 9.78. The van der Waals surface area contributed by atoms with Gasteiger partial charge in [0.25, 0.3) is 0 Å². The molecule has 0 heterocycles. The molecule has 92 valence electrons. The highest BCUT2D eigenvalue weighted by molar-refractivity contribution is 6.00. The highest BCUT2D eigenvalue weighted by atomic mass is 16.4. The first-order valence-electron chi connectivity index (χ1n) is 6.19. The van der Waals surface area contributed by atoms with Crippen LogP contribution in [0.1, 0.15) is 16.8 Å². The third-order valence-corrected chi connectivity index (χ3v) is 4.11. The van der Waals surface area contributed by atoms with Gasteiger partial charge in [-0.3, -0.25) is 9.59 Å². The highest BCUT2D eigenvalue weighted by Gasteiger charge is 2.51. The van der Waals surface area contributed by atoms with Crippen LogP contribution in [0.2, 0.25) is 0 Å². The summed E-state index contributed by atoms with van der Waals surface area (Å²) in [6.45, 7) is 0. The number of Topliss-reactive ketones (excluding diaryl/α,β-unsaturated/α-hetero) is 1. The lowest BCUT2D eigenvalue weighted by molar-refractivity contribution is -0.143. The Morgan fingerprint density at radius 2 is 1.61 bits per heavy atom. The van der Waals surface area contributed by atoms with E-state index in [0.29, 0.717) is 5.56 Å². The van der Waals surface area contributed by atoms with E-state index in [1.54, 1.807) is 12.1 Å². The molecule has 0 spiro atoms. The molecule has 0 radical (unpaired) electrons. The number of carbonyl (C=O) groups excluding carboxylic acids is 1. The average Bonchev–Trinajstić information content (AvgIpc) is 2.99. The number of carboxylic acid groups (broad SMARTS) is 1. The van der Waals surface area contributed by atoms with E-state index in [-0.39, 0.29) is 23.5 Å². The second-order valence-electron chi connectivity index (χ2n) is 5.07. The summed E-state index contributed by atoms with van der Waals surface area (Å²) in [5, 5.41) is 9.32. The fourth-order valence-electron chi connectivity index (χ4n) is 3.31. The topological polar surface area (TPSA) is 54.4 Å². The Bertz CT molecular complexity index is 518. The number of ketones is 1. The van der Waals surface area contributed by atoms with Crippen LogP contribution in [-0.2, 0) is 4.79 Å². The lowest BCUT2D eigenvalue weighted by Gasteiger charge is -2.23. The van der Waals surface area contributed by atoms with Gasteiger partial charge in [-0.2, -0.15) is 0 Å². The van der Waals surface area contributed by atoms with Gasteiger partial charge in [-0.25, -0.2) is 0 Å². The van der Waals surface area contributed by atoms with Crippen LogP contribution in [0.25, 0.3) is 0 Å². The quantitative estimate of drug-likeness (QED) is 0.654. The molecule has 1 aromatic carbocycles. The molecule has 2 aliphatic carbocycles. The number of rotatable bonds is 3. The van der Waals surface area contributed by atoms with Crippen molar-refractivity contribution in [3.8, 4) is 0 Å². The van der Waals surface area contributed by atoms with E-state index >= 15 is 0 Å². The van der Waals surface area contributed by atoms with Crippen molar-refractivity contribution in [2.45, 2.75) is 6.42 Å². The molecule has 2 aliphatic rings. The first-order chi connectivity index (χ1) is 8.68. The van der Waals surface area contributed by atoms with Gasteiger partial charge in [-0.1, -0.05) is 42.5 Å². The predicted molar refractivity (Wildman–Crippen MR) is 66.1 cm³/mol. The van der Waals surface area contributed by atoms with E-state index in [1.807, 2.05) is 30.4 Å². The molecule has 0 aliphatic heterocycles. The van der Waals surface area contributed by atoms with Gasteiger partial charge in [0.2, 0.25) is 0 Å². The minimum Gasteiger partial charge on any atom is -0.481 e. The fourth-order valence-corrected chi connectivity index (χ4v) is 3.31. The summed E-state index contributed by atoms with van der Waals surface area (Å²) in [4.78, 5) is 23.8. The molecular formula is C15H14O3. The molecule has 1 fully saturated rings. The Morgan fingerprint density at radius 3 is 2.22 bits per heavy atom. The Kier molecular flexibility index (Phi) is 2.54. The molecule has 3 rings (SSSR count). The fraction of sp³-hybridized carbons (Fsp3) is 0.333. The van der Waals surface area contributed by atoms with Gasteiger partial charge in [0, 0.05) is 11.5 Å². The molecule has 3 nitrogen and oxygen atoms in total. The number of allylic oxidation sites excluding steroid dienone is 2. The maximum Gasteiger partial charge on any atom is 0.307 e. The summed E-state index contributed by atoms with van der Waals surface area (Å²) in [6.07, 6.45) is 4.77. The van der Waals surface area contributed by atoms with Crippen LogP contribution < -0.4 is 0 Å². The SMILES string of the molecule is O=C(O)C1C2C=CC(C2)C1C(=O)c1ccccc1. The minimum atomic E-state index is -0.846. The second kappa shape index (κ2) is 4.09. The number of hydrogen-bond acceptors (Lipinski definition) is 2. The molecule has 18 heavy (non-hydrogen) atoms. The van der Waals surface area contributed by atoms with Gasteiger partial charge >= 0.3 is 5.97 Å². The molecule has 0 aromatic heterocycles. The number of hydrogen-bond donors (Lipinski definition) is 1. The second-order valence-corrected chi connectivity index (χ2v) is 5.07. The van der Waals surface area contributed by atoms with E-state index in [9.17, 15) is 14.7 Å². The van der Waals surface area contributed by atoms with E-state index in [4.69, 9.17) is 0 Å². The molecular weight excluding hydrogens is 228 g/mol. The summed E-state index contributed by atoms with van der Waals surface area (Å²) >= 11 is 0. The van der Waals surface area contributed by atoms with Gasteiger partial charge in [0.15, 0.2) is 5.78 Å². The Morgan fingerprint density at radius 1 is 1.00 bits per heavy atom. The normalized spacial score (nSPS) is 32.7. The third-order valence-electron chi connectivity index (χ3n) is 4.11. The first-order valence-corrected chi connectivity index (χ1v) is 6.19. The largest absolute Gasteiger partial charge is 0.481 e. The van der Waals surface area contributed by atoms with Crippen LogP contribution in [0, 0.1) is 23.7 Å². The van der Waals surface area contributed by atoms with Crippen molar-refractivity contribution in [3.63, 3.8) is 0 Å². The molecule has 0 saturated heterocycles. The number of benzene rings is 1. The maximum absolute atomic E-state index is 12.5. The average molecular weight is 242 g/mol. The predicted octanol–water partition coefficient (Wildman–Crippen LogP) is 2.39. The molecule has 1 N–H and O–H groups in total. The van der Waals surface area contributed by atoms with Gasteiger partial charge < -0.3 is 5.11 Å². The summed E-state index contributed by atoms with van der Waals surface area (Å²) < 4.78 is 0. The minimum absolute atomic E-state index is 0.0279. The van der Waals surface area contributed by atoms with Crippen LogP contribution in [0.3, 0.4) is 0 Å². The molecule has 3 heteroatoms. The van der Waals surface area contributed by atoms with E-state index < -0.39 is 11.9 Å². The summed E-state index contributed by atoms with van der Waals surface area (Å²) in [6, 6.07) is 9.00. The zero-order chi connectivity index (χ0) is 12.7. The maximum atomic E-state index is 12.5. The molecule has 4 unspecified atom stereocenters. The standard InChI is InChI=1S/C15H14O3/c16-14(9-4-2-1-3-5-9)12-10-6-7-11(8-10)13(12)15(17)18/h1-7,10-13H,8H2,(H,17,18). The van der Waals surface area contributed by atoms with Crippen molar-refractivity contribution in [2.75, 3.05) is 0 Å². The summed E-state index contributed by atoms with van der Waals surface area (Å²) in [5.74, 6) is -1.68. The van der Waals surface area contributed by atoms with Crippen molar-refractivity contribution in [1.29, 1.82) is 0 Å². The van der Waals surface area contributed by atoms with Crippen molar-refractivity contribution in [1.82, 2.24) is 0 Å². The smallest absolute Gasteiger partial charge is 0.307 e. The molecule has 2 bridgehead atoms. The zero-order valence-electron chi connectivity index (χ0n) is 9.82. The van der Waals surface area contributed by atoms with Crippen molar-refractivity contribution < 1.29 is 14.7 Å². The summed E-state index contributed by atoms with van der Waals surface area (Å²) in [7, 11) is 0. The zero-order valence-corrected chi connectivity index (χ0v) is 9.82. The van der Waals surface area contributed by atoms with Gasteiger partial charge in [-0.15, -0.1) is 0 Å².